The summed E-state index contributed by atoms with van der Waals surface area (Å²) < 4.78 is 0. The molecule has 0 aromatic heterocycles. The highest BCUT2D eigenvalue weighted by Gasteiger charge is 2.40. The molecule has 0 aliphatic heterocycles. The zero-order valence-corrected chi connectivity index (χ0v) is 9.91. The first kappa shape index (κ1) is 12.3. The lowest BCUT2D eigenvalue weighted by atomic mass is 9.74. The highest BCUT2D eigenvalue weighted by Crippen LogP contribution is 2.31. The molecule has 0 radical (unpaired) electrons. The lowest BCUT2D eigenvalue weighted by Gasteiger charge is -2.29. The molecular weight excluding hydrogens is 226 g/mol. The molecule has 2 aromatic rings. The van der Waals surface area contributed by atoms with E-state index in [1.807, 2.05) is 36.4 Å². The largest absolute Gasteiger partial charge is 0.480 e. The molecule has 2 aromatic carbocycles. The minimum atomic E-state index is -1.18. The maximum atomic E-state index is 11.8. The first-order valence-corrected chi connectivity index (χ1v) is 5.76. The molecule has 0 aliphatic carbocycles. The Morgan fingerprint density at radius 1 is 0.944 bits per heavy atom. The number of carbonyl (C=O) groups is 1. The predicted octanol–water partition coefficient (Wildman–Crippen LogP) is 2.02. The monoisotopic (exact) mass is 241 g/mol. The van der Waals surface area contributed by atoms with Crippen molar-refractivity contribution in [2.24, 2.45) is 5.73 Å². The molecule has 0 bridgehead atoms. The van der Waals surface area contributed by atoms with Crippen molar-refractivity contribution >= 4 is 5.97 Å². The van der Waals surface area contributed by atoms with Crippen LogP contribution in [0.3, 0.4) is 0 Å². The Bertz CT molecular complexity index is 483. The van der Waals surface area contributed by atoms with Gasteiger partial charge in [0.25, 0.3) is 0 Å². The quantitative estimate of drug-likeness (QED) is 0.860. The van der Waals surface area contributed by atoms with Crippen molar-refractivity contribution in [1.29, 1.82) is 0 Å². The molecule has 0 spiro atoms. The Kier molecular flexibility index (Phi) is 3.44. The van der Waals surface area contributed by atoms with E-state index in [0.717, 1.165) is 0 Å². The van der Waals surface area contributed by atoms with Crippen LogP contribution in [0.25, 0.3) is 0 Å². The number of benzene rings is 2. The van der Waals surface area contributed by atoms with Gasteiger partial charge in [-0.1, -0.05) is 60.7 Å². The minimum absolute atomic E-state index is 0.0242. The van der Waals surface area contributed by atoms with Gasteiger partial charge in [0, 0.05) is 6.54 Å². The zero-order valence-electron chi connectivity index (χ0n) is 9.91. The standard InChI is InChI=1S/C15H15NO2/c16-11-15(14(17)18,12-7-3-1-4-8-12)13-9-5-2-6-10-13/h1-10H,11,16H2,(H,17,18). The van der Waals surface area contributed by atoms with E-state index >= 15 is 0 Å². The van der Waals surface area contributed by atoms with Crippen LogP contribution in [0, 0.1) is 0 Å². The Morgan fingerprint density at radius 2 is 1.33 bits per heavy atom. The fraction of sp³-hybridized carbons (Fsp3) is 0.133. The average Bonchev–Trinajstić information content (AvgIpc) is 2.42. The lowest BCUT2D eigenvalue weighted by Crippen LogP contribution is -2.44. The number of nitrogens with two attached hydrogens (primary N) is 1. The predicted molar refractivity (Wildman–Crippen MR) is 70.4 cm³/mol. The summed E-state index contributed by atoms with van der Waals surface area (Å²) in [6.07, 6.45) is 0. The summed E-state index contributed by atoms with van der Waals surface area (Å²) >= 11 is 0. The highest BCUT2D eigenvalue weighted by atomic mass is 16.4. The van der Waals surface area contributed by atoms with E-state index in [4.69, 9.17) is 5.73 Å². The van der Waals surface area contributed by atoms with Crippen molar-refractivity contribution in [2.45, 2.75) is 5.41 Å². The number of carboxylic acid groups (broad SMARTS) is 1. The lowest BCUT2D eigenvalue weighted by molar-refractivity contribution is -0.141. The maximum absolute atomic E-state index is 11.8. The molecule has 0 heterocycles. The summed E-state index contributed by atoms with van der Waals surface area (Å²) in [4.78, 5) is 11.8. The average molecular weight is 241 g/mol. The van der Waals surface area contributed by atoms with Crippen LogP contribution in [0.15, 0.2) is 60.7 Å². The fourth-order valence-electron chi connectivity index (χ4n) is 2.18. The number of aliphatic carboxylic acids is 1. The normalized spacial score (nSPS) is 11.2. The van der Waals surface area contributed by atoms with E-state index in [-0.39, 0.29) is 6.54 Å². The Hall–Kier alpha value is -2.13. The second-order valence-corrected chi connectivity index (χ2v) is 4.15. The summed E-state index contributed by atoms with van der Waals surface area (Å²) in [5, 5.41) is 9.65. The van der Waals surface area contributed by atoms with E-state index in [1.165, 1.54) is 0 Å². The van der Waals surface area contributed by atoms with Gasteiger partial charge in [0.05, 0.1) is 0 Å². The Labute approximate surface area is 106 Å². The van der Waals surface area contributed by atoms with Gasteiger partial charge in [-0.05, 0) is 11.1 Å². The summed E-state index contributed by atoms with van der Waals surface area (Å²) in [5.41, 5.74) is 6.01. The molecule has 3 heteroatoms. The SMILES string of the molecule is NCC(C(=O)O)(c1ccccc1)c1ccccc1. The molecule has 3 nitrogen and oxygen atoms in total. The molecular formula is C15H15NO2. The molecule has 18 heavy (non-hydrogen) atoms. The third-order valence-electron chi connectivity index (χ3n) is 3.20. The number of carboxylic acids is 1. The van der Waals surface area contributed by atoms with Gasteiger partial charge in [-0.2, -0.15) is 0 Å². The fourth-order valence-corrected chi connectivity index (χ4v) is 2.18. The number of rotatable bonds is 4. The van der Waals surface area contributed by atoms with Gasteiger partial charge in [-0.25, -0.2) is 0 Å². The van der Waals surface area contributed by atoms with Crippen molar-refractivity contribution in [3.63, 3.8) is 0 Å². The van der Waals surface area contributed by atoms with Crippen LogP contribution in [0.5, 0.6) is 0 Å². The van der Waals surface area contributed by atoms with Crippen molar-refractivity contribution in [1.82, 2.24) is 0 Å². The van der Waals surface area contributed by atoms with E-state index < -0.39 is 11.4 Å². The molecule has 2 rings (SSSR count). The summed E-state index contributed by atoms with van der Waals surface area (Å²) in [6.45, 7) is 0.0242. The second-order valence-electron chi connectivity index (χ2n) is 4.15. The summed E-state index contributed by atoms with van der Waals surface area (Å²) in [5.74, 6) is -0.928. The van der Waals surface area contributed by atoms with Gasteiger partial charge >= 0.3 is 5.97 Å². The van der Waals surface area contributed by atoms with Crippen molar-refractivity contribution in [3.05, 3.63) is 71.8 Å². The molecule has 0 aliphatic rings. The molecule has 0 fully saturated rings. The topological polar surface area (TPSA) is 63.3 Å². The minimum Gasteiger partial charge on any atom is -0.480 e. The van der Waals surface area contributed by atoms with Crippen LogP contribution in [0.2, 0.25) is 0 Å². The van der Waals surface area contributed by atoms with Gasteiger partial charge in [-0.15, -0.1) is 0 Å². The number of hydrogen-bond acceptors (Lipinski definition) is 2. The van der Waals surface area contributed by atoms with Crippen LogP contribution in [0.1, 0.15) is 11.1 Å². The first-order chi connectivity index (χ1) is 8.71. The van der Waals surface area contributed by atoms with Crippen LogP contribution in [-0.4, -0.2) is 17.6 Å². The molecule has 0 unspecified atom stereocenters. The van der Waals surface area contributed by atoms with Gasteiger partial charge in [0.1, 0.15) is 5.41 Å². The van der Waals surface area contributed by atoms with Gasteiger partial charge in [0.2, 0.25) is 0 Å². The van der Waals surface area contributed by atoms with Crippen molar-refractivity contribution < 1.29 is 9.90 Å². The van der Waals surface area contributed by atoms with Crippen molar-refractivity contribution in [3.8, 4) is 0 Å². The molecule has 92 valence electrons. The third kappa shape index (κ3) is 1.89. The van der Waals surface area contributed by atoms with Crippen LogP contribution in [0.4, 0.5) is 0 Å². The molecule has 3 N–H and O–H groups in total. The van der Waals surface area contributed by atoms with Crippen LogP contribution < -0.4 is 5.73 Å². The highest BCUT2D eigenvalue weighted by molar-refractivity contribution is 5.86. The zero-order chi connectivity index (χ0) is 13.0. The second kappa shape index (κ2) is 5.02. The smallest absolute Gasteiger partial charge is 0.319 e. The Morgan fingerprint density at radius 3 is 1.61 bits per heavy atom. The van der Waals surface area contributed by atoms with Gasteiger partial charge < -0.3 is 10.8 Å². The van der Waals surface area contributed by atoms with Crippen LogP contribution >= 0.6 is 0 Å². The van der Waals surface area contributed by atoms with E-state index in [1.54, 1.807) is 24.3 Å². The van der Waals surface area contributed by atoms with E-state index in [2.05, 4.69) is 0 Å². The Balaban J connectivity index is 2.65. The summed E-state index contributed by atoms with van der Waals surface area (Å²) in [6, 6.07) is 18.2. The van der Waals surface area contributed by atoms with E-state index in [0.29, 0.717) is 11.1 Å². The van der Waals surface area contributed by atoms with Gasteiger partial charge in [0.15, 0.2) is 0 Å². The maximum Gasteiger partial charge on any atom is 0.319 e. The molecule has 0 saturated heterocycles. The summed E-state index contributed by atoms with van der Waals surface area (Å²) in [7, 11) is 0. The molecule has 0 atom stereocenters. The number of hydrogen-bond donors (Lipinski definition) is 2. The first-order valence-electron chi connectivity index (χ1n) is 5.76. The molecule has 0 saturated carbocycles. The van der Waals surface area contributed by atoms with Gasteiger partial charge in [-0.3, -0.25) is 4.79 Å². The third-order valence-corrected chi connectivity index (χ3v) is 3.20. The van der Waals surface area contributed by atoms with E-state index in [9.17, 15) is 9.90 Å². The molecule has 0 amide bonds. The van der Waals surface area contributed by atoms with Crippen LogP contribution in [-0.2, 0) is 10.2 Å². The van der Waals surface area contributed by atoms with Crippen molar-refractivity contribution in [2.75, 3.05) is 6.54 Å².